The summed E-state index contributed by atoms with van der Waals surface area (Å²) in [5, 5.41) is 0.105. The summed E-state index contributed by atoms with van der Waals surface area (Å²) in [7, 11) is 0. The lowest BCUT2D eigenvalue weighted by Gasteiger charge is -2.29. The van der Waals surface area contributed by atoms with E-state index in [2.05, 4.69) is 30.7 Å². The van der Waals surface area contributed by atoms with Crippen LogP contribution >= 0.6 is 11.6 Å². The van der Waals surface area contributed by atoms with Crippen LogP contribution in [0.2, 0.25) is 5.28 Å². The van der Waals surface area contributed by atoms with Crippen LogP contribution in [0.4, 0.5) is 10.2 Å². The van der Waals surface area contributed by atoms with Gasteiger partial charge in [0.15, 0.2) is 11.6 Å². The summed E-state index contributed by atoms with van der Waals surface area (Å²) in [6, 6.07) is 0. The Bertz CT molecular complexity index is 445. The predicted octanol–water partition coefficient (Wildman–Crippen LogP) is 3.92. The third-order valence-electron chi connectivity index (χ3n) is 3.95. The van der Waals surface area contributed by atoms with Gasteiger partial charge in [0, 0.05) is 13.1 Å². The second-order valence-corrected chi connectivity index (χ2v) is 6.63. The molecule has 106 valence electrons. The molecule has 0 saturated carbocycles. The minimum Gasteiger partial charge on any atom is -0.354 e. The van der Waals surface area contributed by atoms with E-state index in [1.54, 1.807) is 0 Å². The molecule has 2 rings (SSSR count). The molecule has 0 aromatic carbocycles. The zero-order valence-corrected chi connectivity index (χ0v) is 12.5. The largest absolute Gasteiger partial charge is 0.354 e. The van der Waals surface area contributed by atoms with Crippen LogP contribution < -0.4 is 4.90 Å². The van der Waals surface area contributed by atoms with Crippen molar-refractivity contribution in [2.24, 2.45) is 11.3 Å². The normalized spacial score (nSPS) is 21.3. The van der Waals surface area contributed by atoms with Crippen molar-refractivity contribution in [2.45, 2.75) is 40.0 Å². The van der Waals surface area contributed by atoms with Crippen LogP contribution in [0.15, 0.2) is 6.20 Å². The molecule has 1 aromatic heterocycles. The van der Waals surface area contributed by atoms with Gasteiger partial charge in [0.2, 0.25) is 5.28 Å². The lowest BCUT2D eigenvalue weighted by atomic mass is 9.77. The fourth-order valence-electron chi connectivity index (χ4n) is 2.73. The second-order valence-electron chi connectivity index (χ2n) is 6.29. The minimum atomic E-state index is -0.390. The van der Waals surface area contributed by atoms with Crippen molar-refractivity contribution in [1.82, 2.24) is 9.97 Å². The zero-order chi connectivity index (χ0) is 14.0. The van der Waals surface area contributed by atoms with Crippen LogP contribution in [0.1, 0.15) is 40.0 Å². The molecule has 1 fully saturated rings. The Balaban J connectivity index is 2.13. The van der Waals surface area contributed by atoms with E-state index < -0.39 is 5.82 Å². The van der Waals surface area contributed by atoms with Gasteiger partial charge in [-0.2, -0.15) is 4.98 Å². The number of aromatic nitrogens is 2. The maximum atomic E-state index is 13.8. The van der Waals surface area contributed by atoms with Crippen LogP contribution in [0.25, 0.3) is 0 Å². The summed E-state index contributed by atoms with van der Waals surface area (Å²) in [6.07, 6.45) is 4.45. The molecule has 0 spiro atoms. The highest BCUT2D eigenvalue weighted by Gasteiger charge is 2.28. The quantitative estimate of drug-likeness (QED) is 0.732. The first-order valence-corrected chi connectivity index (χ1v) is 7.18. The van der Waals surface area contributed by atoms with Crippen molar-refractivity contribution < 1.29 is 4.39 Å². The van der Waals surface area contributed by atoms with E-state index in [9.17, 15) is 4.39 Å². The fourth-order valence-corrected chi connectivity index (χ4v) is 2.86. The Kier molecular flexibility index (Phi) is 4.29. The SMILES string of the molecule is CC(C)(C)C1CCCN(c2nc(Cl)ncc2F)CC1. The highest BCUT2D eigenvalue weighted by molar-refractivity contribution is 6.28. The van der Waals surface area contributed by atoms with Crippen LogP contribution in [0, 0.1) is 17.2 Å². The second kappa shape index (κ2) is 5.61. The average molecular weight is 286 g/mol. The van der Waals surface area contributed by atoms with Crippen molar-refractivity contribution in [3.8, 4) is 0 Å². The summed E-state index contributed by atoms with van der Waals surface area (Å²) in [5.74, 6) is 0.617. The lowest BCUT2D eigenvalue weighted by molar-refractivity contribution is 0.220. The van der Waals surface area contributed by atoms with Gasteiger partial charge in [0.1, 0.15) is 0 Å². The van der Waals surface area contributed by atoms with E-state index in [-0.39, 0.29) is 5.28 Å². The summed E-state index contributed by atoms with van der Waals surface area (Å²) >= 11 is 5.76. The number of hydrogen-bond donors (Lipinski definition) is 0. The van der Waals surface area contributed by atoms with E-state index in [0.29, 0.717) is 17.2 Å². The molecule has 3 nitrogen and oxygen atoms in total. The Morgan fingerprint density at radius 2 is 2.05 bits per heavy atom. The molecule has 0 radical (unpaired) electrons. The number of rotatable bonds is 1. The minimum absolute atomic E-state index is 0.105. The number of halogens is 2. The average Bonchev–Trinajstić information content (AvgIpc) is 2.57. The first kappa shape index (κ1) is 14.5. The van der Waals surface area contributed by atoms with E-state index in [4.69, 9.17) is 11.6 Å². The third-order valence-corrected chi connectivity index (χ3v) is 4.13. The topological polar surface area (TPSA) is 29.0 Å². The molecule has 1 saturated heterocycles. The van der Waals surface area contributed by atoms with Gasteiger partial charge >= 0.3 is 0 Å². The molecule has 1 unspecified atom stereocenters. The number of nitrogens with zero attached hydrogens (tertiary/aromatic N) is 3. The van der Waals surface area contributed by atoms with Crippen LogP contribution in [-0.2, 0) is 0 Å². The highest BCUT2D eigenvalue weighted by atomic mass is 35.5. The molecular weight excluding hydrogens is 265 g/mol. The van der Waals surface area contributed by atoms with E-state index in [0.717, 1.165) is 32.1 Å². The molecule has 0 amide bonds. The van der Waals surface area contributed by atoms with Gasteiger partial charge in [-0.15, -0.1) is 0 Å². The summed E-state index contributed by atoms with van der Waals surface area (Å²) in [6.45, 7) is 8.48. The first-order valence-electron chi connectivity index (χ1n) is 6.81. The van der Waals surface area contributed by atoms with E-state index in [1.165, 1.54) is 6.42 Å². The molecule has 1 aliphatic rings. The number of hydrogen-bond acceptors (Lipinski definition) is 3. The Morgan fingerprint density at radius 1 is 1.32 bits per heavy atom. The Morgan fingerprint density at radius 3 is 2.74 bits per heavy atom. The summed E-state index contributed by atoms with van der Waals surface area (Å²) < 4.78 is 13.8. The van der Waals surface area contributed by atoms with Gasteiger partial charge in [0.25, 0.3) is 0 Å². The van der Waals surface area contributed by atoms with Crippen molar-refractivity contribution >= 4 is 17.4 Å². The van der Waals surface area contributed by atoms with Gasteiger partial charge in [0.05, 0.1) is 6.20 Å². The van der Waals surface area contributed by atoms with Crippen molar-refractivity contribution in [1.29, 1.82) is 0 Å². The number of anilines is 1. The van der Waals surface area contributed by atoms with Gasteiger partial charge in [-0.25, -0.2) is 9.37 Å². The van der Waals surface area contributed by atoms with Crippen molar-refractivity contribution in [2.75, 3.05) is 18.0 Å². The monoisotopic (exact) mass is 285 g/mol. The maximum Gasteiger partial charge on any atom is 0.224 e. The highest BCUT2D eigenvalue weighted by Crippen LogP contribution is 2.35. The fraction of sp³-hybridized carbons (Fsp3) is 0.714. The maximum absolute atomic E-state index is 13.8. The third kappa shape index (κ3) is 3.56. The van der Waals surface area contributed by atoms with Gasteiger partial charge in [-0.1, -0.05) is 20.8 Å². The molecule has 5 heteroatoms. The molecular formula is C14H21ClFN3. The van der Waals surface area contributed by atoms with Crippen molar-refractivity contribution in [3.05, 3.63) is 17.3 Å². The first-order chi connectivity index (χ1) is 8.88. The Labute approximate surface area is 119 Å². The standard InChI is InChI=1S/C14H21ClFN3/c1-14(2,3)10-5-4-7-19(8-6-10)12-11(16)9-17-13(15)18-12/h9-10H,4-8H2,1-3H3. The van der Waals surface area contributed by atoms with Crippen LogP contribution in [-0.4, -0.2) is 23.1 Å². The molecule has 0 N–H and O–H groups in total. The van der Waals surface area contributed by atoms with Gasteiger partial charge in [-0.05, 0) is 42.2 Å². The Hall–Kier alpha value is -0.900. The molecule has 2 heterocycles. The smallest absolute Gasteiger partial charge is 0.224 e. The van der Waals surface area contributed by atoms with Crippen LogP contribution in [0.5, 0.6) is 0 Å². The predicted molar refractivity (Wildman–Crippen MR) is 76.0 cm³/mol. The van der Waals surface area contributed by atoms with Gasteiger partial charge < -0.3 is 4.90 Å². The summed E-state index contributed by atoms with van der Waals surface area (Å²) in [4.78, 5) is 9.69. The summed E-state index contributed by atoms with van der Waals surface area (Å²) in [5.41, 5.74) is 0.303. The lowest BCUT2D eigenvalue weighted by Crippen LogP contribution is -2.27. The molecule has 1 aliphatic heterocycles. The molecule has 1 aromatic rings. The van der Waals surface area contributed by atoms with E-state index >= 15 is 0 Å². The molecule has 0 bridgehead atoms. The van der Waals surface area contributed by atoms with Crippen LogP contribution in [0.3, 0.4) is 0 Å². The zero-order valence-electron chi connectivity index (χ0n) is 11.8. The molecule has 19 heavy (non-hydrogen) atoms. The molecule has 0 aliphatic carbocycles. The van der Waals surface area contributed by atoms with Gasteiger partial charge in [-0.3, -0.25) is 0 Å². The van der Waals surface area contributed by atoms with E-state index in [1.807, 2.05) is 4.90 Å². The van der Waals surface area contributed by atoms with Crippen molar-refractivity contribution in [3.63, 3.8) is 0 Å². The molecule has 1 atom stereocenters.